The zero-order chi connectivity index (χ0) is 26.3. The summed E-state index contributed by atoms with van der Waals surface area (Å²) in [5.41, 5.74) is 9.62. The van der Waals surface area contributed by atoms with Crippen LogP contribution in [0.4, 0.5) is 16.3 Å². The number of nitrogens with one attached hydrogen (secondary N) is 1. The van der Waals surface area contributed by atoms with E-state index in [0.717, 1.165) is 46.6 Å². The van der Waals surface area contributed by atoms with E-state index in [1.54, 1.807) is 4.90 Å². The highest BCUT2D eigenvalue weighted by atomic mass is 32.1. The zero-order valence-corrected chi connectivity index (χ0v) is 22.7. The Balaban J connectivity index is 1.19. The molecule has 0 spiro atoms. The molecular formula is C27H34N6O3S. The molecule has 4 heterocycles. The number of aryl methyl sites for hydroxylation is 2. The normalized spacial score (nSPS) is 18.0. The standard InChI is InChI=1S/C27H34N6O3S/c1-16-5-8-20-22(28)23(37-25(20)30-16)24(34)31-19-7-6-17-14-21(29-15-18(17)13-19)32-9-11-33(12-10-32)26(35)36-27(2,3)4/h5,8,14-15,19H,6-7,9-13,28H2,1-4H3,(H,31,34). The number of anilines is 2. The number of nitrogens with zero attached hydrogens (tertiary/aromatic N) is 4. The molecule has 3 aromatic rings. The monoisotopic (exact) mass is 522 g/mol. The van der Waals surface area contributed by atoms with Gasteiger partial charge in [-0.25, -0.2) is 14.8 Å². The second-order valence-corrected chi connectivity index (χ2v) is 11.8. The van der Waals surface area contributed by atoms with Gasteiger partial charge in [0.1, 0.15) is 21.1 Å². The van der Waals surface area contributed by atoms with Crippen molar-refractivity contribution in [3.63, 3.8) is 0 Å². The Morgan fingerprint density at radius 2 is 1.92 bits per heavy atom. The summed E-state index contributed by atoms with van der Waals surface area (Å²) >= 11 is 1.34. The number of piperazine rings is 1. The van der Waals surface area contributed by atoms with Crippen LogP contribution in [0.15, 0.2) is 24.4 Å². The van der Waals surface area contributed by atoms with Crippen molar-refractivity contribution in [2.75, 3.05) is 36.8 Å². The van der Waals surface area contributed by atoms with E-state index >= 15 is 0 Å². The lowest BCUT2D eigenvalue weighted by atomic mass is 9.89. The molecule has 1 atom stereocenters. The fourth-order valence-electron chi connectivity index (χ4n) is 4.88. The average molecular weight is 523 g/mol. The lowest BCUT2D eigenvalue weighted by molar-refractivity contribution is 0.0240. The summed E-state index contributed by atoms with van der Waals surface area (Å²) in [5, 5.41) is 4.01. The number of aromatic nitrogens is 2. The summed E-state index contributed by atoms with van der Waals surface area (Å²) in [6.07, 6.45) is 4.14. The Kier molecular flexibility index (Phi) is 6.70. The molecule has 0 aromatic carbocycles. The van der Waals surface area contributed by atoms with Crippen molar-refractivity contribution in [2.45, 2.75) is 58.6 Å². The molecule has 2 amide bonds. The maximum atomic E-state index is 13.0. The van der Waals surface area contributed by atoms with E-state index in [9.17, 15) is 9.59 Å². The van der Waals surface area contributed by atoms with E-state index in [1.165, 1.54) is 16.9 Å². The number of thiophene rings is 1. The number of hydrogen-bond acceptors (Lipinski definition) is 8. The van der Waals surface area contributed by atoms with Gasteiger partial charge in [0.2, 0.25) is 0 Å². The summed E-state index contributed by atoms with van der Waals surface area (Å²) < 4.78 is 5.50. The van der Waals surface area contributed by atoms with E-state index in [4.69, 9.17) is 15.5 Å². The molecular weight excluding hydrogens is 488 g/mol. The number of ether oxygens (including phenoxy) is 1. The van der Waals surface area contributed by atoms with E-state index in [0.29, 0.717) is 36.7 Å². The van der Waals surface area contributed by atoms with Gasteiger partial charge < -0.3 is 25.6 Å². The van der Waals surface area contributed by atoms with Crippen LogP contribution in [0, 0.1) is 6.92 Å². The molecule has 37 heavy (non-hydrogen) atoms. The Bertz CT molecular complexity index is 1340. The number of fused-ring (bicyclic) bond motifs is 2. The highest BCUT2D eigenvalue weighted by molar-refractivity contribution is 7.21. The molecule has 1 fully saturated rings. The van der Waals surface area contributed by atoms with Crippen LogP contribution in [0.2, 0.25) is 0 Å². The van der Waals surface area contributed by atoms with Gasteiger partial charge in [-0.2, -0.15) is 0 Å². The number of nitrogens with two attached hydrogens (primary N) is 1. The average Bonchev–Trinajstić information content (AvgIpc) is 3.18. The molecule has 0 radical (unpaired) electrons. The molecule has 1 saturated heterocycles. The summed E-state index contributed by atoms with van der Waals surface area (Å²) in [6, 6.07) is 6.03. The molecule has 0 saturated carbocycles. The third kappa shape index (κ3) is 5.49. The molecule has 10 heteroatoms. The molecule has 2 aliphatic rings. The van der Waals surface area contributed by atoms with Crippen LogP contribution in [0.3, 0.4) is 0 Å². The predicted octanol–water partition coefficient (Wildman–Crippen LogP) is 3.93. The minimum Gasteiger partial charge on any atom is -0.444 e. The number of pyridine rings is 2. The van der Waals surface area contributed by atoms with Gasteiger partial charge in [-0.1, -0.05) is 0 Å². The van der Waals surface area contributed by atoms with Crippen molar-refractivity contribution in [1.82, 2.24) is 20.2 Å². The smallest absolute Gasteiger partial charge is 0.410 e. The Hall–Kier alpha value is -3.40. The number of carbonyl (C=O) groups excluding carboxylic acids is 2. The van der Waals surface area contributed by atoms with Gasteiger partial charge in [0, 0.05) is 49.5 Å². The number of carbonyl (C=O) groups is 2. The number of amides is 2. The van der Waals surface area contributed by atoms with E-state index in [2.05, 4.69) is 21.3 Å². The first-order valence-corrected chi connectivity index (χ1v) is 13.6. The van der Waals surface area contributed by atoms with E-state index in [1.807, 2.05) is 46.0 Å². The number of nitrogen functional groups attached to an aromatic ring is 1. The first-order chi connectivity index (χ1) is 17.6. The van der Waals surface area contributed by atoms with Crippen LogP contribution in [0.5, 0.6) is 0 Å². The quantitative estimate of drug-likeness (QED) is 0.536. The van der Waals surface area contributed by atoms with Gasteiger partial charge in [0.15, 0.2) is 0 Å². The fourth-order valence-corrected chi connectivity index (χ4v) is 5.92. The van der Waals surface area contributed by atoms with Crippen LogP contribution < -0.4 is 16.0 Å². The molecule has 9 nitrogen and oxygen atoms in total. The predicted molar refractivity (Wildman–Crippen MR) is 146 cm³/mol. The maximum Gasteiger partial charge on any atom is 0.410 e. The van der Waals surface area contributed by atoms with Crippen LogP contribution in [0.25, 0.3) is 10.2 Å². The molecule has 196 valence electrons. The van der Waals surface area contributed by atoms with Gasteiger partial charge >= 0.3 is 6.09 Å². The van der Waals surface area contributed by atoms with Gasteiger partial charge in [0.25, 0.3) is 5.91 Å². The van der Waals surface area contributed by atoms with Crippen molar-refractivity contribution in [1.29, 1.82) is 0 Å². The number of rotatable bonds is 3. The molecule has 1 unspecified atom stereocenters. The third-order valence-corrected chi connectivity index (χ3v) is 7.94. The second-order valence-electron chi connectivity index (χ2n) is 10.8. The Labute approximate surface area is 221 Å². The van der Waals surface area contributed by atoms with Crippen LogP contribution in [0.1, 0.15) is 53.7 Å². The SMILES string of the molecule is Cc1ccc2c(N)c(C(=O)NC3CCc4cc(N5CCN(C(=O)OC(C)(C)C)CC5)ncc4C3)sc2n1. The minimum absolute atomic E-state index is 0.0318. The second kappa shape index (κ2) is 9.81. The Morgan fingerprint density at radius 1 is 1.16 bits per heavy atom. The zero-order valence-electron chi connectivity index (χ0n) is 21.8. The van der Waals surface area contributed by atoms with E-state index in [-0.39, 0.29) is 18.0 Å². The van der Waals surface area contributed by atoms with Crippen molar-refractivity contribution in [3.05, 3.63) is 46.1 Å². The van der Waals surface area contributed by atoms with Gasteiger partial charge in [-0.05, 0) is 76.3 Å². The van der Waals surface area contributed by atoms with Gasteiger partial charge in [0.05, 0.1) is 5.69 Å². The lowest BCUT2D eigenvalue weighted by Gasteiger charge is -2.36. The topological polar surface area (TPSA) is 114 Å². The molecule has 0 bridgehead atoms. The van der Waals surface area contributed by atoms with Gasteiger partial charge in [-0.3, -0.25) is 4.79 Å². The Morgan fingerprint density at radius 3 is 2.65 bits per heavy atom. The fraction of sp³-hybridized carbons (Fsp3) is 0.481. The lowest BCUT2D eigenvalue weighted by Crippen LogP contribution is -2.50. The highest BCUT2D eigenvalue weighted by Gasteiger charge is 2.28. The van der Waals surface area contributed by atoms with Crippen molar-refractivity contribution < 1.29 is 14.3 Å². The molecule has 1 aliphatic heterocycles. The van der Waals surface area contributed by atoms with E-state index < -0.39 is 5.60 Å². The molecule has 1 aliphatic carbocycles. The van der Waals surface area contributed by atoms with Gasteiger partial charge in [-0.15, -0.1) is 11.3 Å². The van der Waals surface area contributed by atoms with Crippen LogP contribution in [-0.4, -0.2) is 64.7 Å². The maximum absolute atomic E-state index is 13.0. The van der Waals surface area contributed by atoms with Crippen molar-refractivity contribution >= 4 is 45.1 Å². The first-order valence-electron chi connectivity index (χ1n) is 12.7. The third-order valence-electron chi connectivity index (χ3n) is 6.83. The molecule has 3 N–H and O–H groups in total. The number of hydrogen-bond donors (Lipinski definition) is 2. The largest absolute Gasteiger partial charge is 0.444 e. The summed E-state index contributed by atoms with van der Waals surface area (Å²) in [7, 11) is 0. The van der Waals surface area contributed by atoms with Crippen molar-refractivity contribution in [3.8, 4) is 0 Å². The van der Waals surface area contributed by atoms with Crippen LogP contribution in [-0.2, 0) is 17.6 Å². The molecule has 5 rings (SSSR count). The molecule has 3 aromatic heterocycles. The van der Waals surface area contributed by atoms with Crippen LogP contribution >= 0.6 is 11.3 Å². The summed E-state index contributed by atoms with van der Waals surface area (Å²) in [5.74, 6) is 0.796. The highest BCUT2D eigenvalue weighted by Crippen LogP contribution is 2.33. The first kappa shape index (κ1) is 25.3. The summed E-state index contributed by atoms with van der Waals surface area (Å²) in [4.78, 5) is 39.9. The minimum atomic E-state index is -0.494. The summed E-state index contributed by atoms with van der Waals surface area (Å²) in [6.45, 7) is 10.2. The van der Waals surface area contributed by atoms with Crippen molar-refractivity contribution in [2.24, 2.45) is 0 Å².